The van der Waals surface area contributed by atoms with Gasteiger partial charge in [-0.15, -0.1) is 5.10 Å². The lowest BCUT2D eigenvalue weighted by atomic mass is 10.0. The van der Waals surface area contributed by atoms with Crippen molar-refractivity contribution in [1.82, 2.24) is 19.1 Å². The van der Waals surface area contributed by atoms with E-state index in [1.54, 1.807) is 79.1 Å². The maximum atomic E-state index is 13.8. The van der Waals surface area contributed by atoms with Crippen molar-refractivity contribution in [2.24, 2.45) is 5.92 Å². The Hall–Kier alpha value is -4.71. The maximum absolute atomic E-state index is 13.8. The zero-order chi connectivity index (χ0) is 35.3. The van der Waals surface area contributed by atoms with Gasteiger partial charge >= 0.3 is 5.69 Å². The highest BCUT2D eigenvalue weighted by Crippen LogP contribution is 2.29. The number of aryl methyl sites for hydroxylation is 1. The van der Waals surface area contributed by atoms with Crippen molar-refractivity contribution in [2.45, 2.75) is 51.5 Å². The van der Waals surface area contributed by atoms with Crippen molar-refractivity contribution >= 4 is 50.7 Å². The molecule has 0 unspecified atom stereocenters. The summed E-state index contributed by atoms with van der Waals surface area (Å²) in [5, 5.41) is 7.91. The molecule has 5 aromatic rings. The van der Waals surface area contributed by atoms with E-state index in [-0.39, 0.29) is 33.9 Å². The van der Waals surface area contributed by atoms with Gasteiger partial charge in [-0.1, -0.05) is 105 Å². The normalized spacial score (nSPS) is 11.5. The first-order valence-electron chi connectivity index (χ1n) is 15.7. The monoisotopic (exact) mass is 719 g/mol. The van der Waals surface area contributed by atoms with Crippen molar-refractivity contribution < 1.29 is 18.0 Å². The number of sulfonamides is 1. The Morgan fingerprint density at radius 1 is 0.898 bits per heavy atom. The van der Waals surface area contributed by atoms with Crippen LogP contribution >= 0.6 is 23.2 Å². The van der Waals surface area contributed by atoms with Crippen LogP contribution in [0.2, 0.25) is 10.0 Å². The molecule has 0 aliphatic carbocycles. The van der Waals surface area contributed by atoms with Gasteiger partial charge in [0.15, 0.2) is 0 Å². The Balaban J connectivity index is 1.44. The van der Waals surface area contributed by atoms with E-state index in [0.717, 1.165) is 18.4 Å². The van der Waals surface area contributed by atoms with Gasteiger partial charge in [0.1, 0.15) is 5.82 Å². The number of hydrogen-bond donors (Lipinski definition) is 2. The summed E-state index contributed by atoms with van der Waals surface area (Å²) in [6, 6.07) is 24.6. The van der Waals surface area contributed by atoms with E-state index in [0.29, 0.717) is 39.8 Å². The van der Waals surface area contributed by atoms with Gasteiger partial charge in [0.05, 0.1) is 32.7 Å². The van der Waals surface area contributed by atoms with Gasteiger partial charge in [-0.2, -0.15) is 4.68 Å². The second-order valence-electron chi connectivity index (χ2n) is 11.7. The number of benzene rings is 4. The summed E-state index contributed by atoms with van der Waals surface area (Å²) in [4.78, 5) is 38.8. The molecule has 2 amide bonds. The van der Waals surface area contributed by atoms with E-state index in [1.165, 1.54) is 22.9 Å². The minimum absolute atomic E-state index is 0.0410. The molecule has 13 heteroatoms. The van der Waals surface area contributed by atoms with Crippen LogP contribution < -0.4 is 15.7 Å². The molecule has 0 atom stereocenters. The van der Waals surface area contributed by atoms with Crippen LogP contribution in [-0.4, -0.2) is 34.6 Å². The van der Waals surface area contributed by atoms with E-state index in [2.05, 4.69) is 22.1 Å². The maximum Gasteiger partial charge on any atom is 0.351 e. The highest BCUT2D eigenvalue weighted by atomic mass is 35.5. The summed E-state index contributed by atoms with van der Waals surface area (Å²) < 4.78 is 31.7. The Kier molecular flexibility index (Phi) is 11.1. The van der Waals surface area contributed by atoms with Crippen molar-refractivity contribution in [3.8, 4) is 16.8 Å². The fraction of sp³-hybridized carbons (Fsp3) is 0.222. The number of hydrogen-bond acceptors (Lipinski definition) is 6. The molecule has 0 aliphatic rings. The summed E-state index contributed by atoms with van der Waals surface area (Å²) in [6.45, 7) is 5.83. The molecule has 0 bridgehead atoms. The molecule has 49 heavy (non-hydrogen) atoms. The van der Waals surface area contributed by atoms with Gasteiger partial charge in [0.2, 0.25) is 5.91 Å². The van der Waals surface area contributed by atoms with E-state index < -0.39 is 21.6 Å². The summed E-state index contributed by atoms with van der Waals surface area (Å²) in [5.74, 6) is -0.658. The fourth-order valence-corrected chi connectivity index (χ4v) is 6.72. The van der Waals surface area contributed by atoms with Gasteiger partial charge in [-0.05, 0) is 53.9 Å². The number of halogens is 2. The van der Waals surface area contributed by atoms with Crippen LogP contribution in [-0.2, 0) is 27.8 Å². The molecular formula is C36H35Cl2N5O5S. The lowest BCUT2D eigenvalue weighted by Crippen LogP contribution is -2.31. The zero-order valence-electron chi connectivity index (χ0n) is 27.1. The molecule has 2 N–H and O–H groups in total. The predicted octanol–water partition coefficient (Wildman–Crippen LogP) is 7.11. The Morgan fingerprint density at radius 3 is 2.29 bits per heavy atom. The largest absolute Gasteiger partial charge is 0.351 e. The lowest BCUT2D eigenvalue weighted by molar-refractivity contribution is -0.118. The number of aromatic nitrogens is 3. The first-order valence-corrected chi connectivity index (χ1v) is 17.9. The standard InChI is InChI=1S/C36H35Cl2N5O5S/c1-4-5-14-33-40-43(31-21-26(19-20-30(31)38)39-34(44)23(2)3)36(46)42(33)22-24-15-17-25(18-16-24)27-10-7-9-13-32(27)49(47,48)41-35(45)28-11-6-8-12-29(28)37/h6-13,15-21,23H,4-5,14,22H2,1-3H3,(H,39,44)(H,41,45). The second kappa shape index (κ2) is 15.2. The fourth-order valence-electron chi connectivity index (χ4n) is 5.10. The third-order valence-electron chi connectivity index (χ3n) is 7.79. The summed E-state index contributed by atoms with van der Waals surface area (Å²) >= 11 is 12.6. The van der Waals surface area contributed by atoms with Crippen molar-refractivity contribution in [3.63, 3.8) is 0 Å². The predicted molar refractivity (Wildman–Crippen MR) is 192 cm³/mol. The first kappa shape index (κ1) is 35.6. The molecule has 0 fully saturated rings. The van der Waals surface area contributed by atoms with Crippen LogP contribution in [0.1, 0.15) is 55.4 Å². The smallest absolute Gasteiger partial charge is 0.326 e. The van der Waals surface area contributed by atoms with Crippen LogP contribution in [0.5, 0.6) is 0 Å². The van der Waals surface area contributed by atoms with Crippen molar-refractivity contribution in [3.05, 3.63) is 128 Å². The van der Waals surface area contributed by atoms with Gasteiger partial charge in [-0.3, -0.25) is 14.2 Å². The van der Waals surface area contributed by atoms with E-state index >= 15 is 0 Å². The topological polar surface area (TPSA) is 132 Å². The highest BCUT2D eigenvalue weighted by molar-refractivity contribution is 7.90. The van der Waals surface area contributed by atoms with Crippen LogP contribution in [0, 0.1) is 5.92 Å². The van der Waals surface area contributed by atoms with Crippen LogP contribution in [0.3, 0.4) is 0 Å². The summed E-state index contributed by atoms with van der Waals surface area (Å²) in [5.41, 5.74) is 2.25. The molecule has 254 valence electrons. The van der Waals surface area contributed by atoms with Gasteiger partial charge < -0.3 is 5.32 Å². The van der Waals surface area contributed by atoms with Crippen molar-refractivity contribution in [1.29, 1.82) is 0 Å². The quantitative estimate of drug-likeness (QED) is 0.141. The molecule has 4 aromatic carbocycles. The first-order chi connectivity index (χ1) is 23.4. The minimum Gasteiger partial charge on any atom is -0.326 e. The molecule has 10 nitrogen and oxygen atoms in total. The van der Waals surface area contributed by atoms with Crippen LogP contribution in [0.4, 0.5) is 5.69 Å². The molecular weight excluding hydrogens is 685 g/mol. The van der Waals surface area contributed by atoms with E-state index in [1.807, 2.05) is 12.1 Å². The van der Waals surface area contributed by atoms with Gasteiger partial charge in [-0.25, -0.2) is 17.9 Å². The SMILES string of the molecule is CCCCc1nn(-c2cc(NC(=O)C(C)C)ccc2Cl)c(=O)n1Cc1ccc(-c2ccccc2S(=O)(=O)NC(=O)c2ccccc2Cl)cc1. The number of rotatable bonds is 12. The molecule has 1 aromatic heterocycles. The van der Waals surface area contributed by atoms with Gasteiger partial charge in [0, 0.05) is 23.6 Å². The molecule has 5 rings (SSSR count). The average Bonchev–Trinajstić information content (AvgIpc) is 3.38. The van der Waals surface area contributed by atoms with Crippen molar-refractivity contribution in [2.75, 3.05) is 5.32 Å². The number of nitrogens with one attached hydrogen (secondary N) is 2. The summed E-state index contributed by atoms with van der Waals surface area (Å²) in [7, 11) is -4.27. The minimum atomic E-state index is -4.27. The Morgan fingerprint density at radius 2 is 1.59 bits per heavy atom. The van der Waals surface area contributed by atoms with Gasteiger partial charge in [0.25, 0.3) is 15.9 Å². The lowest BCUT2D eigenvalue weighted by Gasteiger charge is -2.13. The van der Waals surface area contributed by atoms with E-state index in [9.17, 15) is 22.8 Å². The molecule has 0 saturated heterocycles. The number of amides is 2. The zero-order valence-corrected chi connectivity index (χ0v) is 29.4. The molecule has 0 spiro atoms. The third kappa shape index (κ3) is 8.13. The number of anilines is 1. The third-order valence-corrected chi connectivity index (χ3v) is 9.83. The van der Waals surface area contributed by atoms with Crippen LogP contribution in [0.25, 0.3) is 16.8 Å². The second-order valence-corrected chi connectivity index (χ2v) is 14.2. The number of carbonyl (C=O) groups excluding carboxylic acids is 2. The average molecular weight is 721 g/mol. The Labute approximate surface area is 294 Å². The number of carbonyl (C=O) groups is 2. The van der Waals surface area contributed by atoms with E-state index in [4.69, 9.17) is 23.2 Å². The molecule has 0 radical (unpaired) electrons. The summed E-state index contributed by atoms with van der Waals surface area (Å²) in [6.07, 6.45) is 2.27. The molecule has 0 aliphatic heterocycles. The number of nitrogens with zero attached hydrogens (tertiary/aromatic N) is 3. The molecule has 0 saturated carbocycles. The Bertz CT molecular complexity index is 2180. The van der Waals surface area contributed by atoms with Crippen LogP contribution in [0.15, 0.2) is 101 Å². The number of unbranched alkanes of at least 4 members (excludes halogenated alkanes) is 1. The molecule has 1 heterocycles. The highest BCUT2D eigenvalue weighted by Gasteiger charge is 2.24.